The molecule has 1 amide bonds. The van der Waals surface area contributed by atoms with Gasteiger partial charge in [0, 0.05) is 22.8 Å². The molecule has 3 rings (SSSR count). The second kappa shape index (κ2) is 5.51. The van der Waals surface area contributed by atoms with Gasteiger partial charge in [0.2, 0.25) is 5.91 Å². The van der Waals surface area contributed by atoms with Crippen LogP contribution in [0.1, 0.15) is 5.56 Å². The molecule has 1 aromatic heterocycles. The third-order valence-electron chi connectivity index (χ3n) is 3.27. The van der Waals surface area contributed by atoms with Gasteiger partial charge >= 0.3 is 0 Å². The maximum atomic E-state index is 12.1. The molecule has 0 aliphatic rings. The highest BCUT2D eigenvalue weighted by Crippen LogP contribution is 2.17. The molecular weight excluding hydrogens is 262 g/mol. The summed E-state index contributed by atoms with van der Waals surface area (Å²) in [6.45, 7) is 0.240. The fourth-order valence-corrected chi connectivity index (χ4v) is 2.28. The standard InChI is InChI=1S/C17H13N3O/c18-11-13-6-7-16-14(10-13)8-9-20(16)12-17(21)19-15-4-2-1-3-5-15/h1-10H,12H2,(H,19,21). The van der Waals surface area contributed by atoms with E-state index in [2.05, 4.69) is 11.4 Å². The van der Waals surface area contributed by atoms with Crippen LogP contribution in [0.4, 0.5) is 5.69 Å². The number of rotatable bonds is 3. The maximum Gasteiger partial charge on any atom is 0.244 e. The van der Waals surface area contributed by atoms with Crippen molar-refractivity contribution in [3.63, 3.8) is 0 Å². The molecule has 0 fully saturated rings. The first-order valence-electron chi connectivity index (χ1n) is 6.60. The molecule has 21 heavy (non-hydrogen) atoms. The number of amides is 1. The molecule has 0 saturated heterocycles. The highest BCUT2D eigenvalue weighted by Gasteiger charge is 2.07. The number of benzene rings is 2. The molecule has 4 nitrogen and oxygen atoms in total. The summed E-state index contributed by atoms with van der Waals surface area (Å²) >= 11 is 0. The molecule has 0 spiro atoms. The fraction of sp³-hybridized carbons (Fsp3) is 0.0588. The van der Waals surface area contributed by atoms with E-state index in [0.29, 0.717) is 5.56 Å². The third kappa shape index (κ3) is 2.77. The van der Waals surface area contributed by atoms with Gasteiger partial charge < -0.3 is 9.88 Å². The Labute approximate surface area is 122 Å². The third-order valence-corrected chi connectivity index (χ3v) is 3.27. The number of nitriles is 1. The number of carbonyl (C=O) groups excluding carboxylic acids is 1. The van der Waals surface area contributed by atoms with E-state index in [1.807, 2.05) is 59.3 Å². The summed E-state index contributed by atoms with van der Waals surface area (Å²) < 4.78 is 1.87. The molecule has 0 bridgehead atoms. The van der Waals surface area contributed by atoms with E-state index in [9.17, 15) is 4.79 Å². The van der Waals surface area contributed by atoms with E-state index in [0.717, 1.165) is 16.6 Å². The summed E-state index contributed by atoms with van der Waals surface area (Å²) in [7, 11) is 0. The van der Waals surface area contributed by atoms with Crippen LogP contribution < -0.4 is 5.32 Å². The smallest absolute Gasteiger partial charge is 0.244 e. The number of aromatic nitrogens is 1. The van der Waals surface area contributed by atoms with Crippen LogP contribution in [0.5, 0.6) is 0 Å². The normalized spacial score (nSPS) is 10.2. The molecule has 3 aromatic rings. The van der Waals surface area contributed by atoms with Crippen molar-refractivity contribution in [1.29, 1.82) is 5.26 Å². The minimum absolute atomic E-state index is 0.0805. The zero-order valence-corrected chi connectivity index (χ0v) is 11.3. The Morgan fingerprint density at radius 3 is 2.71 bits per heavy atom. The Balaban J connectivity index is 1.79. The van der Waals surface area contributed by atoms with Crippen LogP contribution in [0, 0.1) is 11.3 Å². The molecule has 0 aliphatic heterocycles. The maximum absolute atomic E-state index is 12.1. The lowest BCUT2D eigenvalue weighted by molar-refractivity contribution is -0.116. The Bertz CT molecular complexity index is 828. The summed E-state index contributed by atoms with van der Waals surface area (Å²) in [6.07, 6.45) is 1.86. The Morgan fingerprint density at radius 2 is 1.95 bits per heavy atom. The number of carbonyl (C=O) groups is 1. The Kier molecular flexibility index (Phi) is 3.40. The lowest BCUT2D eigenvalue weighted by atomic mass is 10.2. The highest BCUT2D eigenvalue weighted by molar-refractivity contribution is 5.92. The number of anilines is 1. The van der Waals surface area contributed by atoms with Crippen LogP contribution in [0.15, 0.2) is 60.8 Å². The summed E-state index contributed by atoms with van der Waals surface area (Å²) in [5.41, 5.74) is 2.34. The van der Waals surface area contributed by atoms with Crippen molar-refractivity contribution in [1.82, 2.24) is 4.57 Å². The van der Waals surface area contributed by atoms with E-state index in [4.69, 9.17) is 5.26 Å². The second-order valence-corrected chi connectivity index (χ2v) is 4.74. The number of fused-ring (bicyclic) bond motifs is 1. The zero-order chi connectivity index (χ0) is 14.7. The van der Waals surface area contributed by atoms with Crippen LogP contribution in [-0.4, -0.2) is 10.5 Å². The first-order chi connectivity index (χ1) is 10.3. The average Bonchev–Trinajstić information content (AvgIpc) is 2.90. The number of hydrogen-bond donors (Lipinski definition) is 1. The zero-order valence-electron chi connectivity index (χ0n) is 11.3. The molecule has 0 saturated carbocycles. The number of nitrogens with zero attached hydrogens (tertiary/aromatic N) is 2. The van der Waals surface area contributed by atoms with Crippen molar-refractivity contribution < 1.29 is 4.79 Å². The number of hydrogen-bond acceptors (Lipinski definition) is 2. The molecule has 0 unspecified atom stereocenters. The Morgan fingerprint density at radius 1 is 1.14 bits per heavy atom. The highest BCUT2D eigenvalue weighted by atomic mass is 16.1. The van der Waals surface area contributed by atoms with Gasteiger partial charge in [-0.2, -0.15) is 5.26 Å². The predicted octanol–water partition coefficient (Wildman–Crippen LogP) is 3.15. The van der Waals surface area contributed by atoms with E-state index in [-0.39, 0.29) is 12.5 Å². The van der Waals surface area contributed by atoms with E-state index < -0.39 is 0 Å². The number of para-hydroxylation sites is 1. The second-order valence-electron chi connectivity index (χ2n) is 4.74. The lowest BCUT2D eigenvalue weighted by Gasteiger charge is -2.07. The first kappa shape index (κ1) is 12.9. The van der Waals surface area contributed by atoms with Gasteiger partial charge in [0.15, 0.2) is 0 Å². The largest absolute Gasteiger partial charge is 0.338 e. The van der Waals surface area contributed by atoms with E-state index in [1.165, 1.54) is 0 Å². The Hall–Kier alpha value is -3.06. The molecule has 0 aliphatic carbocycles. The monoisotopic (exact) mass is 275 g/mol. The van der Waals surface area contributed by atoms with Crippen molar-refractivity contribution in [2.45, 2.75) is 6.54 Å². The molecular formula is C17H13N3O. The van der Waals surface area contributed by atoms with Crippen LogP contribution >= 0.6 is 0 Å². The molecule has 4 heteroatoms. The summed E-state index contributed by atoms with van der Waals surface area (Å²) in [4.78, 5) is 12.1. The van der Waals surface area contributed by atoms with Crippen LogP contribution in [0.25, 0.3) is 10.9 Å². The van der Waals surface area contributed by atoms with Crippen molar-refractivity contribution in [2.75, 3.05) is 5.32 Å². The molecule has 1 N–H and O–H groups in total. The average molecular weight is 275 g/mol. The van der Waals surface area contributed by atoms with Gasteiger partial charge in [0.25, 0.3) is 0 Å². The fourth-order valence-electron chi connectivity index (χ4n) is 2.28. The summed E-state index contributed by atoms with van der Waals surface area (Å²) in [5, 5.41) is 12.7. The molecule has 2 aromatic carbocycles. The van der Waals surface area contributed by atoms with Crippen molar-refractivity contribution >= 4 is 22.5 Å². The minimum atomic E-state index is -0.0805. The van der Waals surface area contributed by atoms with Crippen LogP contribution in [0.3, 0.4) is 0 Å². The number of nitrogens with one attached hydrogen (secondary N) is 1. The first-order valence-corrected chi connectivity index (χ1v) is 6.60. The minimum Gasteiger partial charge on any atom is -0.338 e. The molecule has 0 radical (unpaired) electrons. The van der Waals surface area contributed by atoms with Crippen molar-refractivity contribution in [2.24, 2.45) is 0 Å². The SMILES string of the molecule is N#Cc1ccc2c(ccn2CC(=O)Nc2ccccc2)c1. The van der Waals surface area contributed by atoms with Gasteiger partial charge in [-0.3, -0.25) is 4.79 Å². The van der Waals surface area contributed by atoms with Gasteiger partial charge in [-0.25, -0.2) is 0 Å². The molecule has 1 heterocycles. The van der Waals surface area contributed by atoms with Gasteiger partial charge in [0.05, 0.1) is 11.6 Å². The van der Waals surface area contributed by atoms with Gasteiger partial charge in [-0.05, 0) is 36.4 Å². The molecule has 0 atom stereocenters. The topological polar surface area (TPSA) is 57.8 Å². The van der Waals surface area contributed by atoms with Crippen molar-refractivity contribution in [3.05, 3.63) is 66.4 Å². The lowest BCUT2D eigenvalue weighted by Crippen LogP contribution is -2.18. The van der Waals surface area contributed by atoms with E-state index in [1.54, 1.807) is 6.07 Å². The molecule has 102 valence electrons. The van der Waals surface area contributed by atoms with Crippen LogP contribution in [0.2, 0.25) is 0 Å². The van der Waals surface area contributed by atoms with Crippen molar-refractivity contribution in [3.8, 4) is 6.07 Å². The van der Waals surface area contributed by atoms with Crippen LogP contribution in [-0.2, 0) is 11.3 Å². The van der Waals surface area contributed by atoms with Gasteiger partial charge in [-0.1, -0.05) is 18.2 Å². The van der Waals surface area contributed by atoms with Gasteiger partial charge in [-0.15, -0.1) is 0 Å². The predicted molar refractivity (Wildman–Crippen MR) is 81.7 cm³/mol. The van der Waals surface area contributed by atoms with E-state index >= 15 is 0 Å². The summed E-state index contributed by atoms with van der Waals surface area (Å²) in [5.74, 6) is -0.0805. The summed E-state index contributed by atoms with van der Waals surface area (Å²) in [6, 6.07) is 18.8. The van der Waals surface area contributed by atoms with Gasteiger partial charge in [0.1, 0.15) is 6.54 Å². The quantitative estimate of drug-likeness (QED) is 0.798.